The number of pyridine rings is 1. The van der Waals surface area contributed by atoms with E-state index < -0.39 is 0 Å². The van der Waals surface area contributed by atoms with Gasteiger partial charge in [0.1, 0.15) is 11.5 Å². The number of hydrogen-bond acceptors (Lipinski definition) is 5. The monoisotopic (exact) mass is 441 g/mol. The molecule has 0 bridgehead atoms. The lowest BCUT2D eigenvalue weighted by molar-refractivity contribution is -0.131. The summed E-state index contributed by atoms with van der Waals surface area (Å²) in [5, 5.41) is 4.13. The van der Waals surface area contributed by atoms with Crippen molar-refractivity contribution < 1.29 is 14.1 Å². The minimum atomic E-state index is -0.191. The normalized spacial score (nSPS) is 16.4. The zero-order valence-electron chi connectivity index (χ0n) is 19.1. The van der Waals surface area contributed by atoms with Crippen LogP contribution in [0.25, 0.3) is 33.3 Å². The van der Waals surface area contributed by atoms with Crippen molar-refractivity contribution in [1.82, 2.24) is 14.7 Å². The van der Waals surface area contributed by atoms with Gasteiger partial charge >= 0.3 is 5.97 Å². The average Bonchev–Trinajstić information content (AvgIpc) is 3.47. The Morgan fingerprint density at radius 2 is 1.94 bits per heavy atom. The zero-order valence-corrected chi connectivity index (χ0v) is 19.1. The Kier molecular flexibility index (Phi) is 4.82. The third kappa shape index (κ3) is 3.54. The van der Waals surface area contributed by atoms with Crippen molar-refractivity contribution in [1.29, 1.82) is 0 Å². The van der Waals surface area contributed by atoms with Crippen molar-refractivity contribution in [3.8, 4) is 28.0 Å². The standard InChI is InChI=1S/C27H27N3O3/c1-16-26(17(2)33-29-16)21-10-23-27(28-13-21)22(15-30(23)14-18-6-4-3-5-7-18)19-8-9-20-12-25(31)32-24(20)11-19/h8-11,13,15,18H,3-7,12,14H2,1-2H3. The molecule has 33 heavy (non-hydrogen) atoms. The Balaban J connectivity index is 1.48. The van der Waals surface area contributed by atoms with E-state index in [1.165, 1.54) is 32.1 Å². The van der Waals surface area contributed by atoms with Crippen LogP contribution in [0.15, 0.2) is 41.2 Å². The van der Waals surface area contributed by atoms with Crippen LogP contribution < -0.4 is 4.74 Å². The van der Waals surface area contributed by atoms with Crippen LogP contribution >= 0.6 is 0 Å². The highest BCUT2D eigenvalue weighted by atomic mass is 16.5. The molecule has 1 fully saturated rings. The van der Waals surface area contributed by atoms with Crippen LogP contribution in [0.3, 0.4) is 0 Å². The van der Waals surface area contributed by atoms with Gasteiger partial charge in [-0.15, -0.1) is 0 Å². The molecule has 2 aliphatic rings. The molecule has 1 aliphatic heterocycles. The van der Waals surface area contributed by atoms with E-state index in [1.807, 2.05) is 32.2 Å². The number of aromatic nitrogens is 3. The quantitative estimate of drug-likeness (QED) is 0.286. The van der Waals surface area contributed by atoms with Crippen LogP contribution in [-0.2, 0) is 17.8 Å². The van der Waals surface area contributed by atoms with E-state index in [0.29, 0.717) is 18.1 Å². The molecule has 4 aromatic rings. The van der Waals surface area contributed by atoms with E-state index in [2.05, 4.69) is 28.1 Å². The van der Waals surface area contributed by atoms with E-state index >= 15 is 0 Å². The zero-order chi connectivity index (χ0) is 22.5. The highest BCUT2D eigenvalue weighted by Gasteiger charge is 2.23. The molecule has 4 heterocycles. The van der Waals surface area contributed by atoms with Crippen LogP contribution in [0.2, 0.25) is 0 Å². The first-order valence-corrected chi connectivity index (χ1v) is 11.8. The summed E-state index contributed by atoms with van der Waals surface area (Å²) in [6, 6.07) is 8.26. The molecule has 6 nitrogen and oxygen atoms in total. The Bertz CT molecular complexity index is 1360. The van der Waals surface area contributed by atoms with E-state index in [-0.39, 0.29) is 5.97 Å². The Hall–Kier alpha value is -3.41. The van der Waals surface area contributed by atoms with Gasteiger partial charge in [0.15, 0.2) is 0 Å². The fraction of sp³-hybridized carbons (Fsp3) is 0.370. The van der Waals surface area contributed by atoms with Crippen LogP contribution in [0.1, 0.15) is 49.1 Å². The van der Waals surface area contributed by atoms with Crippen LogP contribution in [0, 0.1) is 19.8 Å². The number of benzene rings is 1. The van der Waals surface area contributed by atoms with E-state index in [4.69, 9.17) is 14.2 Å². The topological polar surface area (TPSA) is 70.2 Å². The number of nitrogens with zero attached hydrogens (tertiary/aromatic N) is 3. The maximum Gasteiger partial charge on any atom is 0.315 e. The van der Waals surface area contributed by atoms with E-state index in [0.717, 1.165) is 56.8 Å². The Morgan fingerprint density at radius 3 is 2.73 bits per heavy atom. The van der Waals surface area contributed by atoms with Gasteiger partial charge in [-0.1, -0.05) is 36.6 Å². The summed E-state index contributed by atoms with van der Waals surface area (Å²) in [6.45, 7) is 4.90. The molecule has 0 atom stereocenters. The summed E-state index contributed by atoms with van der Waals surface area (Å²) < 4.78 is 13.2. The predicted octanol–water partition coefficient (Wildman–Crippen LogP) is 6.02. The van der Waals surface area contributed by atoms with Gasteiger partial charge in [-0.3, -0.25) is 9.78 Å². The molecule has 0 amide bonds. The van der Waals surface area contributed by atoms with Gasteiger partial charge in [0, 0.05) is 41.2 Å². The smallest absolute Gasteiger partial charge is 0.315 e. The first-order chi connectivity index (χ1) is 16.1. The van der Waals surface area contributed by atoms with Gasteiger partial charge in [-0.05, 0) is 50.3 Å². The summed E-state index contributed by atoms with van der Waals surface area (Å²) in [5.74, 6) is 1.97. The first kappa shape index (κ1) is 20.2. The summed E-state index contributed by atoms with van der Waals surface area (Å²) in [4.78, 5) is 16.7. The minimum Gasteiger partial charge on any atom is -0.426 e. The summed E-state index contributed by atoms with van der Waals surface area (Å²) in [5.41, 5.74) is 8.03. The van der Waals surface area contributed by atoms with Gasteiger partial charge in [-0.2, -0.15) is 0 Å². The lowest BCUT2D eigenvalue weighted by Gasteiger charge is -2.22. The highest BCUT2D eigenvalue weighted by Crippen LogP contribution is 2.38. The number of esters is 1. The van der Waals surface area contributed by atoms with Crippen LogP contribution in [0.4, 0.5) is 0 Å². The second kappa shape index (κ2) is 7.87. The second-order valence-corrected chi connectivity index (χ2v) is 9.46. The number of aryl methyl sites for hydroxylation is 2. The fourth-order valence-electron chi connectivity index (χ4n) is 5.49. The number of hydrogen-bond donors (Lipinski definition) is 0. The molecule has 6 rings (SSSR count). The minimum absolute atomic E-state index is 0.191. The molecule has 168 valence electrons. The van der Waals surface area contributed by atoms with Gasteiger partial charge in [-0.25, -0.2) is 0 Å². The highest BCUT2D eigenvalue weighted by molar-refractivity contribution is 5.96. The van der Waals surface area contributed by atoms with Gasteiger partial charge in [0.2, 0.25) is 0 Å². The second-order valence-electron chi connectivity index (χ2n) is 9.46. The van der Waals surface area contributed by atoms with E-state index in [9.17, 15) is 4.79 Å². The third-order valence-electron chi connectivity index (χ3n) is 7.16. The first-order valence-electron chi connectivity index (χ1n) is 11.8. The predicted molar refractivity (Wildman–Crippen MR) is 126 cm³/mol. The Labute approximate surface area is 192 Å². The van der Waals surface area contributed by atoms with Crippen LogP contribution in [-0.4, -0.2) is 20.7 Å². The van der Waals surface area contributed by atoms with Crippen molar-refractivity contribution in [3.63, 3.8) is 0 Å². The van der Waals surface area contributed by atoms with Gasteiger partial charge in [0.25, 0.3) is 0 Å². The number of carbonyl (C=O) groups excluding carboxylic acids is 1. The molecule has 1 saturated carbocycles. The van der Waals surface area contributed by atoms with Crippen molar-refractivity contribution in [2.75, 3.05) is 0 Å². The summed E-state index contributed by atoms with van der Waals surface area (Å²) >= 11 is 0. The molecule has 3 aromatic heterocycles. The van der Waals surface area contributed by atoms with Gasteiger partial charge < -0.3 is 13.8 Å². The number of fused-ring (bicyclic) bond motifs is 2. The molecule has 0 radical (unpaired) electrons. The number of rotatable bonds is 4. The number of ether oxygens (including phenoxy) is 1. The molecule has 0 saturated heterocycles. The Morgan fingerprint density at radius 1 is 1.09 bits per heavy atom. The molecule has 1 aromatic carbocycles. The maximum atomic E-state index is 11.7. The molecule has 0 unspecified atom stereocenters. The van der Waals surface area contributed by atoms with Crippen molar-refractivity contribution in [3.05, 3.63) is 53.7 Å². The van der Waals surface area contributed by atoms with Gasteiger partial charge in [0.05, 0.1) is 23.1 Å². The van der Waals surface area contributed by atoms with Crippen molar-refractivity contribution in [2.45, 2.75) is 58.9 Å². The average molecular weight is 442 g/mol. The lowest BCUT2D eigenvalue weighted by atomic mass is 9.89. The molecular formula is C27H27N3O3. The summed E-state index contributed by atoms with van der Waals surface area (Å²) in [7, 11) is 0. The molecule has 6 heteroatoms. The lowest BCUT2D eigenvalue weighted by Crippen LogP contribution is -2.13. The molecule has 0 N–H and O–H groups in total. The fourth-order valence-corrected chi connectivity index (χ4v) is 5.49. The number of carbonyl (C=O) groups is 1. The molecule has 1 aliphatic carbocycles. The maximum absolute atomic E-state index is 11.7. The molecular weight excluding hydrogens is 414 g/mol. The van der Waals surface area contributed by atoms with E-state index in [1.54, 1.807) is 0 Å². The molecule has 0 spiro atoms. The third-order valence-corrected chi connectivity index (χ3v) is 7.16. The largest absolute Gasteiger partial charge is 0.426 e. The van der Waals surface area contributed by atoms with Crippen LogP contribution in [0.5, 0.6) is 5.75 Å². The summed E-state index contributed by atoms with van der Waals surface area (Å²) in [6.07, 6.45) is 11.0. The van der Waals surface area contributed by atoms with Crippen molar-refractivity contribution >= 4 is 17.0 Å². The SMILES string of the molecule is Cc1noc(C)c1-c1cnc2c(-c3ccc4c(c3)OC(=O)C4)cn(CC3CCCCC3)c2c1. The van der Waals surface area contributed by atoms with Crippen molar-refractivity contribution in [2.24, 2.45) is 5.92 Å².